The summed E-state index contributed by atoms with van der Waals surface area (Å²) >= 11 is 7.39. The van der Waals surface area contributed by atoms with Crippen LogP contribution < -0.4 is 5.32 Å². The van der Waals surface area contributed by atoms with Gasteiger partial charge in [-0.25, -0.2) is 4.39 Å². The molecule has 0 aliphatic heterocycles. The van der Waals surface area contributed by atoms with Crippen molar-refractivity contribution in [3.8, 4) is 0 Å². The SMILES string of the molecule is O=C(NCc1ccncc1)c1sc2cc(F)ccc2c1Cl. The number of hydrogen-bond donors (Lipinski definition) is 1. The molecule has 0 fully saturated rings. The largest absolute Gasteiger partial charge is 0.347 e. The standard InChI is InChI=1S/C15H10ClFN2OS/c16-13-11-2-1-10(17)7-12(11)21-14(13)15(20)19-8-9-3-5-18-6-4-9/h1-7H,8H2,(H,19,20). The predicted molar refractivity (Wildman–Crippen MR) is 82.2 cm³/mol. The Bertz CT molecular complexity index is 804. The lowest BCUT2D eigenvalue weighted by Gasteiger charge is -2.03. The van der Waals surface area contributed by atoms with Gasteiger partial charge < -0.3 is 5.32 Å². The monoisotopic (exact) mass is 320 g/mol. The summed E-state index contributed by atoms with van der Waals surface area (Å²) in [5, 5.41) is 3.85. The molecule has 0 aliphatic carbocycles. The third-order valence-corrected chi connectivity index (χ3v) is 4.66. The zero-order valence-corrected chi connectivity index (χ0v) is 12.3. The number of halogens is 2. The van der Waals surface area contributed by atoms with E-state index in [1.165, 1.54) is 23.5 Å². The molecule has 0 atom stereocenters. The molecule has 0 bridgehead atoms. The summed E-state index contributed by atoms with van der Waals surface area (Å²) in [5.74, 6) is -0.609. The Morgan fingerprint density at radius 3 is 2.81 bits per heavy atom. The molecule has 1 N–H and O–H groups in total. The van der Waals surface area contributed by atoms with Gasteiger partial charge in [-0.3, -0.25) is 9.78 Å². The fourth-order valence-corrected chi connectivity index (χ4v) is 3.41. The lowest BCUT2D eigenvalue weighted by Crippen LogP contribution is -2.22. The normalized spacial score (nSPS) is 10.8. The summed E-state index contributed by atoms with van der Waals surface area (Å²) in [6.45, 7) is 0.389. The Morgan fingerprint density at radius 2 is 2.05 bits per heavy atom. The zero-order chi connectivity index (χ0) is 14.8. The number of fused-ring (bicyclic) bond motifs is 1. The molecule has 3 aromatic rings. The third kappa shape index (κ3) is 2.89. The average Bonchev–Trinajstić information content (AvgIpc) is 2.82. The van der Waals surface area contributed by atoms with E-state index in [0.29, 0.717) is 26.5 Å². The second kappa shape index (κ2) is 5.79. The Labute approximate surface area is 129 Å². The van der Waals surface area contributed by atoms with E-state index in [4.69, 9.17) is 11.6 Å². The number of aromatic nitrogens is 1. The molecule has 3 rings (SSSR count). The first-order valence-corrected chi connectivity index (χ1v) is 7.39. The van der Waals surface area contributed by atoms with Crippen LogP contribution >= 0.6 is 22.9 Å². The average molecular weight is 321 g/mol. The number of carbonyl (C=O) groups excluding carboxylic acids is 1. The first-order valence-electron chi connectivity index (χ1n) is 6.20. The maximum Gasteiger partial charge on any atom is 0.263 e. The first-order chi connectivity index (χ1) is 10.1. The molecule has 2 heterocycles. The van der Waals surface area contributed by atoms with Crippen LogP contribution in [0.2, 0.25) is 5.02 Å². The fraction of sp³-hybridized carbons (Fsp3) is 0.0667. The summed E-state index contributed by atoms with van der Waals surface area (Å²) in [6, 6.07) is 7.94. The van der Waals surface area contributed by atoms with Gasteiger partial charge in [0.2, 0.25) is 0 Å². The number of pyridine rings is 1. The topological polar surface area (TPSA) is 42.0 Å². The number of benzene rings is 1. The van der Waals surface area contributed by atoms with Gasteiger partial charge in [0, 0.05) is 29.0 Å². The third-order valence-electron chi connectivity index (χ3n) is 3.00. The van der Waals surface area contributed by atoms with E-state index in [0.717, 1.165) is 5.56 Å². The highest BCUT2D eigenvalue weighted by molar-refractivity contribution is 7.21. The van der Waals surface area contributed by atoms with E-state index in [1.807, 2.05) is 12.1 Å². The summed E-state index contributed by atoms with van der Waals surface area (Å²) < 4.78 is 13.9. The Hall–Kier alpha value is -1.98. The summed E-state index contributed by atoms with van der Waals surface area (Å²) in [5.41, 5.74) is 0.946. The van der Waals surface area contributed by atoms with Gasteiger partial charge in [-0.2, -0.15) is 0 Å². The molecule has 21 heavy (non-hydrogen) atoms. The van der Waals surface area contributed by atoms with E-state index in [9.17, 15) is 9.18 Å². The lowest BCUT2D eigenvalue weighted by molar-refractivity contribution is 0.0955. The quantitative estimate of drug-likeness (QED) is 0.792. The van der Waals surface area contributed by atoms with E-state index < -0.39 is 0 Å². The van der Waals surface area contributed by atoms with Crippen molar-refractivity contribution in [1.29, 1.82) is 0 Å². The summed E-state index contributed by atoms with van der Waals surface area (Å²) in [4.78, 5) is 16.5. The van der Waals surface area contributed by atoms with E-state index >= 15 is 0 Å². The molecule has 106 valence electrons. The van der Waals surface area contributed by atoms with Crippen LogP contribution in [0.25, 0.3) is 10.1 Å². The van der Waals surface area contributed by atoms with E-state index in [1.54, 1.807) is 18.5 Å². The van der Waals surface area contributed by atoms with Gasteiger partial charge in [-0.05, 0) is 35.9 Å². The molecule has 2 aromatic heterocycles. The Morgan fingerprint density at radius 1 is 1.29 bits per heavy atom. The Kier molecular flexibility index (Phi) is 3.86. The van der Waals surface area contributed by atoms with Crippen molar-refractivity contribution in [3.05, 3.63) is 64.0 Å². The number of carbonyl (C=O) groups is 1. The van der Waals surface area contributed by atoms with Crippen molar-refractivity contribution in [3.63, 3.8) is 0 Å². The summed E-state index contributed by atoms with van der Waals surface area (Å²) in [6.07, 6.45) is 3.33. The Balaban J connectivity index is 1.83. The van der Waals surface area contributed by atoms with Crippen LogP contribution in [0.4, 0.5) is 4.39 Å². The van der Waals surface area contributed by atoms with Crippen molar-refractivity contribution in [1.82, 2.24) is 10.3 Å². The van der Waals surface area contributed by atoms with Crippen molar-refractivity contribution in [2.45, 2.75) is 6.54 Å². The maximum atomic E-state index is 13.2. The van der Waals surface area contributed by atoms with Gasteiger partial charge in [0.1, 0.15) is 10.7 Å². The van der Waals surface area contributed by atoms with Crippen LogP contribution in [-0.2, 0) is 6.54 Å². The molecule has 0 spiro atoms. The van der Waals surface area contributed by atoms with Gasteiger partial charge in [0.25, 0.3) is 5.91 Å². The van der Waals surface area contributed by atoms with Crippen LogP contribution in [0.1, 0.15) is 15.2 Å². The van der Waals surface area contributed by atoms with Crippen molar-refractivity contribution >= 4 is 38.9 Å². The van der Waals surface area contributed by atoms with Crippen LogP contribution in [-0.4, -0.2) is 10.9 Å². The van der Waals surface area contributed by atoms with Crippen LogP contribution in [0, 0.1) is 5.82 Å². The molecule has 0 radical (unpaired) electrons. The molecule has 6 heteroatoms. The number of nitrogens with one attached hydrogen (secondary N) is 1. The minimum Gasteiger partial charge on any atom is -0.347 e. The van der Waals surface area contributed by atoms with Crippen molar-refractivity contribution in [2.75, 3.05) is 0 Å². The predicted octanol–water partition coefficient (Wildman–Crippen LogP) is 4.02. The molecular weight excluding hydrogens is 311 g/mol. The molecule has 0 aliphatic rings. The minimum atomic E-state index is -0.343. The molecule has 0 unspecified atom stereocenters. The fourth-order valence-electron chi connectivity index (χ4n) is 1.95. The van der Waals surface area contributed by atoms with Gasteiger partial charge in [0.15, 0.2) is 0 Å². The summed E-state index contributed by atoms with van der Waals surface area (Å²) in [7, 11) is 0. The van der Waals surface area contributed by atoms with Crippen molar-refractivity contribution in [2.24, 2.45) is 0 Å². The first kappa shape index (κ1) is 14.0. The van der Waals surface area contributed by atoms with E-state index in [2.05, 4.69) is 10.3 Å². The molecule has 1 aromatic carbocycles. The zero-order valence-electron chi connectivity index (χ0n) is 10.8. The molecular formula is C15H10ClFN2OS. The second-order valence-electron chi connectivity index (χ2n) is 4.42. The smallest absolute Gasteiger partial charge is 0.263 e. The number of hydrogen-bond acceptors (Lipinski definition) is 3. The van der Waals surface area contributed by atoms with Crippen LogP contribution in [0.3, 0.4) is 0 Å². The molecule has 0 saturated carbocycles. The van der Waals surface area contributed by atoms with Gasteiger partial charge in [-0.1, -0.05) is 11.6 Å². The lowest BCUT2D eigenvalue weighted by atomic mass is 10.2. The highest BCUT2D eigenvalue weighted by Gasteiger charge is 2.17. The van der Waals surface area contributed by atoms with Gasteiger partial charge in [0.05, 0.1) is 5.02 Å². The van der Waals surface area contributed by atoms with Crippen LogP contribution in [0.15, 0.2) is 42.7 Å². The second-order valence-corrected chi connectivity index (χ2v) is 5.85. The maximum absolute atomic E-state index is 13.2. The molecule has 0 saturated heterocycles. The number of amides is 1. The highest BCUT2D eigenvalue weighted by Crippen LogP contribution is 2.35. The molecule has 1 amide bonds. The number of rotatable bonds is 3. The van der Waals surface area contributed by atoms with Gasteiger partial charge in [-0.15, -0.1) is 11.3 Å². The molecule has 3 nitrogen and oxygen atoms in total. The number of thiophene rings is 1. The number of nitrogens with zero attached hydrogens (tertiary/aromatic N) is 1. The van der Waals surface area contributed by atoms with Crippen LogP contribution in [0.5, 0.6) is 0 Å². The minimum absolute atomic E-state index is 0.265. The van der Waals surface area contributed by atoms with E-state index in [-0.39, 0.29) is 11.7 Å². The highest BCUT2D eigenvalue weighted by atomic mass is 35.5. The van der Waals surface area contributed by atoms with Gasteiger partial charge >= 0.3 is 0 Å². The van der Waals surface area contributed by atoms with Crippen molar-refractivity contribution < 1.29 is 9.18 Å².